The first-order valence-corrected chi connectivity index (χ1v) is 8.27. The topological polar surface area (TPSA) is 70.2 Å². The Morgan fingerprint density at radius 2 is 1.58 bits per heavy atom. The molecule has 1 heterocycles. The quantitative estimate of drug-likeness (QED) is 0.732. The molecule has 2 aromatic carbocycles. The highest BCUT2D eigenvalue weighted by Gasteiger charge is 2.04. The number of benzene rings is 2. The van der Waals surface area contributed by atoms with Crippen LogP contribution in [0.2, 0.25) is 0 Å². The number of nitrogens with one attached hydrogen (secondary N) is 2. The predicted molar refractivity (Wildman–Crippen MR) is 106 cm³/mol. The number of carbonyl (C=O) groups is 1. The van der Waals surface area contributed by atoms with E-state index >= 15 is 0 Å². The van der Waals surface area contributed by atoms with Crippen LogP contribution in [0.3, 0.4) is 0 Å². The van der Waals surface area contributed by atoms with Crippen LogP contribution < -0.4 is 15.5 Å². The van der Waals surface area contributed by atoms with Gasteiger partial charge in [-0.1, -0.05) is 12.1 Å². The number of amides is 1. The van der Waals surface area contributed by atoms with Crippen molar-refractivity contribution in [1.29, 1.82) is 0 Å². The van der Waals surface area contributed by atoms with Crippen LogP contribution in [-0.2, 0) is 4.79 Å². The largest absolute Gasteiger partial charge is 0.378 e. The van der Waals surface area contributed by atoms with Crippen molar-refractivity contribution in [3.05, 3.63) is 60.8 Å². The molecule has 0 unspecified atom stereocenters. The normalized spacial score (nSPS) is 10.3. The fourth-order valence-electron chi connectivity index (χ4n) is 2.48. The third-order valence-corrected chi connectivity index (χ3v) is 3.80. The zero-order valence-electron chi connectivity index (χ0n) is 15.0. The summed E-state index contributed by atoms with van der Waals surface area (Å²) >= 11 is 0. The van der Waals surface area contributed by atoms with E-state index in [1.54, 1.807) is 6.20 Å². The van der Waals surface area contributed by atoms with E-state index in [1.807, 2.05) is 73.6 Å². The molecule has 0 saturated carbocycles. The Bertz CT molecular complexity index is 889. The van der Waals surface area contributed by atoms with Gasteiger partial charge in [-0.2, -0.15) is 0 Å². The van der Waals surface area contributed by atoms with Crippen LogP contribution in [0.5, 0.6) is 0 Å². The van der Waals surface area contributed by atoms with E-state index in [1.165, 1.54) is 6.92 Å². The average molecular weight is 347 g/mol. The van der Waals surface area contributed by atoms with Gasteiger partial charge >= 0.3 is 0 Å². The van der Waals surface area contributed by atoms with E-state index in [-0.39, 0.29) is 5.91 Å². The van der Waals surface area contributed by atoms with E-state index < -0.39 is 0 Å². The summed E-state index contributed by atoms with van der Waals surface area (Å²) < 4.78 is 0. The molecule has 0 aliphatic heterocycles. The van der Waals surface area contributed by atoms with Crippen LogP contribution in [-0.4, -0.2) is 30.0 Å². The summed E-state index contributed by atoms with van der Waals surface area (Å²) in [6, 6.07) is 17.5. The van der Waals surface area contributed by atoms with E-state index in [2.05, 4.69) is 20.6 Å². The highest BCUT2D eigenvalue weighted by molar-refractivity contribution is 5.88. The lowest BCUT2D eigenvalue weighted by atomic mass is 10.1. The molecule has 6 heteroatoms. The minimum Gasteiger partial charge on any atom is -0.378 e. The van der Waals surface area contributed by atoms with Crippen molar-refractivity contribution in [3.63, 3.8) is 0 Å². The summed E-state index contributed by atoms with van der Waals surface area (Å²) in [6.45, 7) is 1.49. The SMILES string of the molecule is CC(=O)Nc1ccc(-c2ccnc(Nc3ccc(N(C)C)cc3)n2)cc1. The van der Waals surface area contributed by atoms with Gasteiger partial charge in [-0.15, -0.1) is 0 Å². The Kier molecular flexibility index (Phi) is 5.12. The Morgan fingerprint density at radius 3 is 2.19 bits per heavy atom. The maximum atomic E-state index is 11.1. The minimum atomic E-state index is -0.0912. The molecule has 0 aliphatic rings. The van der Waals surface area contributed by atoms with Crippen LogP contribution in [0.25, 0.3) is 11.3 Å². The molecule has 3 aromatic rings. The van der Waals surface area contributed by atoms with Gasteiger partial charge in [-0.25, -0.2) is 9.97 Å². The van der Waals surface area contributed by atoms with Gasteiger partial charge in [-0.3, -0.25) is 4.79 Å². The molecule has 132 valence electrons. The van der Waals surface area contributed by atoms with Gasteiger partial charge in [0.2, 0.25) is 11.9 Å². The predicted octanol–water partition coefficient (Wildman–Crippen LogP) is 3.91. The summed E-state index contributed by atoms with van der Waals surface area (Å²) in [5, 5.41) is 5.97. The molecule has 1 amide bonds. The lowest BCUT2D eigenvalue weighted by molar-refractivity contribution is -0.114. The third kappa shape index (κ3) is 4.36. The second-order valence-corrected chi connectivity index (χ2v) is 6.09. The number of anilines is 4. The molecule has 0 radical (unpaired) electrons. The van der Waals surface area contributed by atoms with Gasteiger partial charge in [0.15, 0.2) is 0 Å². The fourth-order valence-corrected chi connectivity index (χ4v) is 2.48. The van der Waals surface area contributed by atoms with Gasteiger partial charge in [0.05, 0.1) is 5.69 Å². The van der Waals surface area contributed by atoms with Gasteiger partial charge in [0, 0.05) is 49.8 Å². The molecule has 0 saturated heterocycles. The van der Waals surface area contributed by atoms with Crippen LogP contribution in [0, 0.1) is 0 Å². The zero-order valence-corrected chi connectivity index (χ0v) is 15.0. The second kappa shape index (κ2) is 7.65. The summed E-state index contributed by atoms with van der Waals surface area (Å²) in [6.07, 6.45) is 1.72. The first kappa shape index (κ1) is 17.4. The average Bonchev–Trinajstić information content (AvgIpc) is 2.62. The first-order valence-electron chi connectivity index (χ1n) is 8.27. The maximum Gasteiger partial charge on any atom is 0.227 e. The third-order valence-electron chi connectivity index (χ3n) is 3.80. The Labute approximate surface area is 152 Å². The monoisotopic (exact) mass is 347 g/mol. The fraction of sp³-hybridized carbons (Fsp3) is 0.150. The number of rotatable bonds is 5. The number of hydrogen-bond donors (Lipinski definition) is 2. The Hall–Kier alpha value is -3.41. The molecular weight excluding hydrogens is 326 g/mol. The molecule has 6 nitrogen and oxygen atoms in total. The number of aromatic nitrogens is 2. The maximum absolute atomic E-state index is 11.1. The first-order chi connectivity index (χ1) is 12.5. The molecule has 0 fully saturated rings. The van der Waals surface area contributed by atoms with Crippen molar-refractivity contribution in [2.24, 2.45) is 0 Å². The molecule has 0 spiro atoms. The highest BCUT2D eigenvalue weighted by Crippen LogP contribution is 2.22. The van der Waals surface area contributed by atoms with Crippen molar-refractivity contribution < 1.29 is 4.79 Å². The zero-order chi connectivity index (χ0) is 18.5. The van der Waals surface area contributed by atoms with Crippen molar-refractivity contribution in [1.82, 2.24) is 9.97 Å². The Morgan fingerprint density at radius 1 is 0.923 bits per heavy atom. The standard InChI is InChI=1S/C20H21N5O/c1-14(26)22-16-6-4-15(5-7-16)19-12-13-21-20(24-19)23-17-8-10-18(11-9-17)25(2)3/h4-13H,1-3H3,(H,22,26)(H,21,23,24). The summed E-state index contributed by atoms with van der Waals surface area (Å²) in [4.78, 5) is 22.0. The molecule has 26 heavy (non-hydrogen) atoms. The van der Waals surface area contributed by atoms with Crippen LogP contribution in [0.4, 0.5) is 23.0 Å². The molecular formula is C20H21N5O. The second-order valence-electron chi connectivity index (χ2n) is 6.09. The molecule has 2 N–H and O–H groups in total. The Balaban J connectivity index is 1.76. The molecule has 3 rings (SSSR count). The molecule has 0 aliphatic carbocycles. The van der Waals surface area contributed by atoms with Gasteiger partial charge in [-0.05, 0) is 42.5 Å². The number of hydrogen-bond acceptors (Lipinski definition) is 5. The molecule has 0 atom stereocenters. The van der Waals surface area contributed by atoms with Gasteiger partial charge < -0.3 is 15.5 Å². The smallest absolute Gasteiger partial charge is 0.227 e. The van der Waals surface area contributed by atoms with Gasteiger partial charge in [0.1, 0.15) is 0 Å². The minimum absolute atomic E-state index is 0.0912. The molecule has 1 aromatic heterocycles. The van der Waals surface area contributed by atoms with E-state index in [0.717, 1.165) is 28.3 Å². The lowest BCUT2D eigenvalue weighted by Crippen LogP contribution is -2.08. The van der Waals surface area contributed by atoms with Crippen molar-refractivity contribution >= 4 is 28.9 Å². The van der Waals surface area contributed by atoms with Crippen LogP contribution in [0.1, 0.15) is 6.92 Å². The van der Waals surface area contributed by atoms with Crippen molar-refractivity contribution in [3.8, 4) is 11.3 Å². The molecule has 0 bridgehead atoms. The van der Waals surface area contributed by atoms with E-state index in [9.17, 15) is 4.79 Å². The van der Waals surface area contributed by atoms with E-state index in [0.29, 0.717) is 5.95 Å². The highest BCUT2D eigenvalue weighted by atomic mass is 16.1. The van der Waals surface area contributed by atoms with Crippen molar-refractivity contribution in [2.75, 3.05) is 29.6 Å². The number of nitrogens with zero attached hydrogens (tertiary/aromatic N) is 3. The summed E-state index contributed by atoms with van der Waals surface area (Å²) in [7, 11) is 4.01. The lowest BCUT2D eigenvalue weighted by Gasteiger charge is -2.13. The van der Waals surface area contributed by atoms with Gasteiger partial charge in [0.25, 0.3) is 0 Å². The summed E-state index contributed by atoms with van der Waals surface area (Å²) in [5.74, 6) is 0.442. The van der Waals surface area contributed by atoms with Crippen LogP contribution >= 0.6 is 0 Å². The van der Waals surface area contributed by atoms with Crippen molar-refractivity contribution in [2.45, 2.75) is 6.92 Å². The van der Waals surface area contributed by atoms with Crippen LogP contribution in [0.15, 0.2) is 60.8 Å². The number of carbonyl (C=O) groups excluding carboxylic acids is 1. The summed E-state index contributed by atoms with van der Waals surface area (Å²) in [5.41, 5.74) is 4.57. The van der Waals surface area contributed by atoms with E-state index in [4.69, 9.17) is 0 Å².